The quantitative estimate of drug-likeness (QED) is 0.130. The second kappa shape index (κ2) is 16.7. The topological polar surface area (TPSA) is 210 Å². The van der Waals surface area contributed by atoms with E-state index in [0.717, 1.165) is 35.0 Å². The summed E-state index contributed by atoms with van der Waals surface area (Å²) in [5.41, 5.74) is 5.36. The second-order valence-electron chi connectivity index (χ2n) is 12.4. The number of hydrogen-bond acceptors (Lipinski definition) is 12. The third kappa shape index (κ3) is 9.51. The van der Waals surface area contributed by atoms with Crippen LogP contribution in [0.4, 0.5) is 11.4 Å². The van der Waals surface area contributed by atoms with E-state index in [9.17, 15) is 37.3 Å². The molecule has 0 unspecified atom stereocenters. The van der Waals surface area contributed by atoms with E-state index in [1.165, 1.54) is 58.2 Å². The Kier molecular flexibility index (Phi) is 12.8. The zero-order valence-corrected chi connectivity index (χ0v) is 33.5. The Balaban J connectivity index is 0.000000240. The van der Waals surface area contributed by atoms with Crippen molar-refractivity contribution in [3.63, 3.8) is 0 Å². The minimum Gasteiger partial charge on any atom is -0.506 e. The number of sulfone groups is 2. The van der Waals surface area contributed by atoms with Gasteiger partial charge in [-0.15, -0.1) is 0 Å². The zero-order valence-electron chi connectivity index (χ0n) is 30.6. The first-order valence-electron chi connectivity index (χ1n) is 16.2. The van der Waals surface area contributed by atoms with Crippen LogP contribution in [0.5, 0.6) is 23.3 Å². The maximum Gasteiger partial charge on any atom is 0.223 e. The van der Waals surface area contributed by atoms with Crippen LogP contribution in [0.3, 0.4) is 0 Å². The Morgan fingerprint density at radius 2 is 0.909 bits per heavy atom. The number of nitrogens with zero attached hydrogens (tertiary/aromatic N) is 6. The van der Waals surface area contributed by atoms with Crippen molar-refractivity contribution in [1.29, 1.82) is 0 Å². The fraction of sp³-hybridized carbons (Fsp3) is 0.158. The molecule has 0 aliphatic rings. The summed E-state index contributed by atoms with van der Waals surface area (Å²) in [6, 6.07) is 22.7. The van der Waals surface area contributed by atoms with Crippen molar-refractivity contribution >= 4 is 43.5 Å². The minimum absolute atomic E-state index is 0. The molecule has 0 saturated carbocycles. The van der Waals surface area contributed by atoms with Gasteiger partial charge in [-0.3, -0.25) is 9.98 Å². The van der Waals surface area contributed by atoms with Crippen molar-refractivity contribution < 1.29 is 54.6 Å². The molecule has 6 aromatic rings. The van der Waals surface area contributed by atoms with Crippen molar-refractivity contribution in [3.8, 4) is 34.6 Å². The predicted molar refractivity (Wildman–Crippen MR) is 206 cm³/mol. The monoisotopic (exact) mass is 822 g/mol. The van der Waals surface area contributed by atoms with Crippen LogP contribution < -0.4 is 0 Å². The molecule has 0 bridgehead atoms. The summed E-state index contributed by atoms with van der Waals surface area (Å²) >= 11 is 0. The van der Waals surface area contributed by atoms with Crippen LogP contribution in [-0.4, -0.2) is 81.8 Å². The smallest absolute Gasteiger partial charge is 0.223 e. The summed E-state index contributed by atoms with van der Waals surface area (Å²) in [6.07, 6.45) is 4.87. The molecule has 0 atom stereocenters. The SMILES string of the molecule is Cc1ccccc1-n1nc(C)c(C=Nc2cc(S(C)(=O)=O)ccc2O)c1O.Cc1ccccc1-n1nc(C)c(C=Nc2cc(S(C)(=O)=O)ccc2O)c1O.[Cr]. The Morgan fingerprint density at radius 1 is 0.564 bits per heavy atom. The first kappa shape index (κ1) is 42.0. The van der Waals surface area contributed by atoms with Gasteiger partial charge in [0, 0.05) is 42.3 Å². The number of phenolic OH excluding ortho intramolecular Hbond substituents is 2. The minimum atomic E-state index is -3.43. The van der Waals surface area contributed by atoms with E-state index in [-0.39, 0.29) is 61.8 Å². The number of aliphatic imine (C=N–C) groups is 2. The summed E-state index contributed by atoms with van der Waals surface area (Å²) in [5, 5.41) is 49.7. The van der Waals surface area contributed by atoms with Gasteiger partial charge in [0.25, 0.3) is 0 Å². The van der Waals surface area contributed by atoms with E-state index in [1.54, 1.807) is 13.8 Å². The maximum atomic E-state index is 11.7. The molecule has 0 aliphatic carbocycles. The molecule has 14 nitrogen and oxygen atoms in total. The van der Waals surface area contributed by atoms with Crippen LogP contribution in [0.1, 0.15) is 33.6 Å². The number of aryl methyl sites for hydroxylation is 4. The third-order valence-corrected chi connectivity index (χ3v) is 10.5. The molecule has 6 rings (SSSR count). The van der Waals surface area contributed by atoms with Crippen molar-refractivity contribution in [2.45, 2.75) is 37.5 Å². The van der Waals surface area contributed by atoms with E-state index in [0.29, 0.717) is 22.5 Å². The number of rotatable bonds is 8. The molecule has 4 N–H and O–H groups in total. The van der Waals surface area contributed by atoms with Gasteiger partial charge in [0.1, 0.15) is 22.9 Å². The number of phenols is 2. The van der Waals surface area contributed by atoms with E-state index >= 15 is 0 Å². The average Bonchev–Trinajstić information content (AvgIpc) is 3.55. The molecule has 0 fully saturated rings. The summed E-state index contributed by atoms with van der Waals surface area (Å²) in [5.74, 6) is -0.516. The van der Waals surface area contributed by atoms with Gasteiger partial charge >= 0.3 is 0 Å². The number of aromatic nitrogens is 4. The van der Waals surface area contributed by atoms with Crippen LogP contribution in [-0.2, 0) is 37.0 Å². The number of benzene rings is 4. The standard InChI is InChI=1S/2C19H19N3O4S.Cr/c2*1-12-6-4-5-7-17(12)22-19(24)15(13(2)21-22)11-20-16-10-14(27(3,25)26)8-9-18(16)23;/h2*4-11,23-24H,1-3H3;. The molecule has 0 saturated heterocycles. The van der Waals surface area contributed by atoms with Crippen molar-refractivity contribution in [1.82, 2.24) is 19.6 Å². The van der Waals surface area contributed by atoms with E-state index in [4.69, 9.17) is 0 Å². The first-order valence-corrected chi connectivity index (χ1v) is 20.0. The van der Waals surface area contributed by atoms with Gasteiger partial charge in [-0.25, -0.2) is 26.2 Å². The molecule has 286 valence electrons. The summed E-state index contributed by atoms with van der Waals surface area (Å²) in [4.78, 5) is 8.39. The third-order valence-electron chi connectivity index (χ3n) is 8.27. The molecule has 2 heterocycles. The van der Waals surface area contributed by atoms with Gasteiger partial charge < -0.3 is 20.4 Å². The molecular weight excluding hydrogens is 785 g/mol. The number of aromatic hydroxyl groups is 4. The second-order valence-corrected chi connectivity index (χ2v) is 16.4. The maximum absolute atomic E-state index is 11.7. The Hall–Kier alpha value is -5.73. The molecule has 0 aliphatic heterocycles. The van der Waals surface area contributed by atoms with Gasteiger partial charge in [0.15, 0.2) is 19.7 Å². The van der Waals surface area contributed by atoms with E-state index in [1.807, 2.05) is 62.4 Å². The van der Waals surface area contributed by atoms with Crippen molar-refractivity contribution in [3.05, 3.63) is 119 Å². The van der Waals surface area contributed by atoms with Gasteiger partial charge in [-0.05, 0) is 87.4 Å². The number of para-hydroxylation sites is 2. The average molecular weight is 823 g/mol. The van der Waals surface area contributed by atoms with Crippen LogP contribution in [0.25, 0.3) is 11.4 Å². The molecule has 0 amide bonds. The molecular formula is C38H38CrN6O8S2. The van der Waals surface area contributed by atoms with Gasteiger partial charge in [-0.2, -0.15) is 10.2 Å². The van der Waals surface area contributed by atoms with Crippen LogP contribution in [0.2, 0.25) is 0 Å². The fourth-order valence-corrected chi connectivity index (χ4v) is 6.52. The van der Waals surface area contributed by atoms with E-state index < -0.39 is 19.7 Å². The van der Waals surface area contributed by atoms with Gasteiger partial charge in [0.2, 0.25) is 11.8 Å². The number of hydrogen-bond donors (Lipinski definition) is 4. The molecule has 0 radical (unpaired) electrons. The summed E-state index contributed by atoms with van der Waals surface area (Å²) < 4.78 is 49.6. The zero-order chi connectivity index (χ0) is 39.5. The Bertz CT molecular complexity index is 2490. The summed E-state index contributed by atoms with van der Waals surface area (Å²) in [7, 11) is -6.86. The van der Waals surface area contributed by atoms with Crippen molar-refractivity contribution in [2.24, 2.45) is 9.98 Å². The Morgan fingerprint density at radius 3 is 1.24 bits per heavy atom. The first-order chi connectivity index (χ1) is 25.4. The summed E-state index contributed by atoms with van der Waals surface area (Å²) in [6.45, 7) is 7.27. The molecule has 2 aromatic heterocycles. The Labute approximate surface area is 329 Å². The molecule has 0 spiro atoms. The van der Waals surface area contributed by atoms with E-state index in [2.05, 4.69) is 20.2 Å². The van der Waals surface area contributed by atoms with Gasteiger partial charge in [0.05, 0.1) is 43.7 Å². The molecule has 17 heteroatoms. The van der Waals surface area contributed by atoms with Crippen LogP contribution in [0, 0.1) is 27.7 Å². The predicted octanol–water partition coefficient (Wildman–Crippen LogP) is 6.11. The fourth-order valence-electron chi connectivity index (χ4n) is 5.24. The largest absolute Gasteiger partial charge is 0.506 e. The van der Waals surface area contributed by atoms with Crippen LogP contribution >= 0.6 is 0 Å². The molecule has 4 aromatic carbocycles. The van der Waals surface area contributed by atoms with Crippen molar-refractivity contribution in [2.75, 3.05) is 12.5 Å². The van der Waals surface area contributed by atoms with Crippen LogP contribution in [0.15, 0.2) is 105 Å². The molecule has 55 heavy (non-hydrogen) atoms. The van der Waals surface area contributed by atoms with Gasteiger partial charge in [-0.1, -0.05) is 36.4 Å². The normalized spacial score (nSPS) is 11.7.